The zero-order valence-corrected chi connectivity index (χ0v) is 16.4. The van der Waals surface area contributed by atoms with E-state index < -0.39 is 0 Å². The Morgan fingerprint density at radius 1 is 1.19 bits per heavy atom. The van der Waals surface area contributed by atoms with Crippen LogP contribution in [0.4, 0.5) is 5.82 Å². The normalized spacial score (nSPS) is 20.4. The summed E-state index contributed by atoms with van der Waals surface area (Å²) in [5.41, 5.74) is 4.90. The van der Waals surface area contributed by atoms with Crippen LogP contribution in [0.15, 0.2) is 6.07 Å². The van der Waals surface area contributed by atoms with Crippen LogP contribution < -0.4 is 10.2 Å². The summed E-state index contributed by atoms with van der Waals surface area (Å²) in [5, 5.41) is 8.10. The van der Waals surface area contributed by atoms with Gasteiger partial charge in [-0.05, 0) is 53.0 Å². The molecule has 0 amide bonds. The lowest BCUT2D eigenvalue weighted by molar-refractivity contribution is 0.453. The maximum Gasteiger partial charge on any atom is 0.133 e. The van der Waals surface area contributed by atoms with Crippen molar-refractivity contribution in [2.24, 2.45) is 7.05 Å². The Morgan fingerprint density at radius 3 is 2.62 bits per heavy atom. The smallest absolute Gasteiger partial charge is 0.133 e. The quantitative estimate of drug-likeness (QED) is 0.895. The third-order valence-corrected chi connectivity index (χ3v) is 5.83. The molecule has 2 aromatic heterocycles. The van der Waals surface area contributed by atoms with Gasteiger partial charge in [0, 0.05) is 49.4 Å². The number of aryl methyl sites for hydroxylation is 3. The molecule has 6 heteroatoms. The Morgan fingerprint density at radius 2 is 2.00 bits per heavy atom. The molecule has 6 nitrogen and oxygen atoms in total. The Balaban J connectivity index is 1.65. The van der Waals surface area contributed by atoms with Crippen LogP contribution in [0.2, 0.25) is 0 Å². The van der Waals surface area contributed by atoms with Gasteiger partial charge < -0.3 is 10.2 Å². The van der Waals surface area contributed by atoms with E-state index in [9.17, 15) is 0 Å². The van der Waals surface area contributed by atoms with Gasteiger partial charge in [-0.3, -0.25) is 4.68 Å². The maximum absolute atomic E-state index is 4.82. The molecule has 2 fully saturated rings. The van der Waals surface area contributed by atoms with Crippen molar-refractivity contribution in [2.75, 3.05) is 18.0 Å². The van der Waals surface area contributed by atoms with Crippen LogP contribution in [-0.4, -0.2) is 38.9 Å². The fraction of sp³-hybridized carbons (Fsp3) is 0.650. The summed E-state index contributed by atoms with van der Waals surface area (Å²) in [6.07, 6.45) is 4.94. The topological polar surface area (TPSA) is 58.9 Å². The Bertz CT molecular complexity index is 786. The summed E-state index contributed by atoms with van der Waals surface area (Å²) >= 11 is 0. The van der Waals surface area contributed by atoms with Crippen molar-refractivity contribution in [3.63, 3.8) is 0 Å². The fourth-order valence-electron chi connectivity index (χ4n) is 4.03. The number of hydrogen-bond acceptors (Lipinski definition) is 5. The van der Waals surface area contributed by atoms with Crippen LogP contribution in [0, 0.1) is 20.8 Å². The average molecular weight is 355 g/mol. The van der Waals surface area contributed by atoms with Crippen molar-refractivity contribution in [3.8, 4) is 0 Å². The Hall–Kier alpha value is -1.95. The number of piperidine rings is 1. The third kappa shape index (κ3) is 3.47. The lowest BCUT2D eigenvalue weighted by Crippen LogP contribution is -2.30. The highest BCUT2D eigenvalue weighted by atomic mass is 15.3. The average Bonchev–Trinajstić information content (AvgIpc) is 3.43. The number of anilines is 1. The fourth-order valence-corrected chi connectivity index (χ4v) is 4.03. The molecule has 26 heavy (non-hydrogen) atoms. The number of nitrogens with one attached hydrogen (secondary N) is 1. The molecule has 0 radical (unpaired) electrons. The largest absolute Gasteiger partial charge is 0.349 e. The van der Waals surface area contributed by atoms with Gasteiger partial charge in [-0.25, -0.2) is 9.97 Å². The number of hydrogen-bond donors (Lipinski definition) is 1. The van der Waals surface area contributed by atoms with Crippen molar-refractivity contribution >= 4 is 5.82 Å². The molecule has 2 aromatic rings. The Kier molecular flexibility index (Phi) is 4.69. The minimum Gasteiger partial charge on any atom is -0.349 e. The summed E-state index contributed by atoms with van der Waals surface area (Å²) in [6, 6.07) is 2.84. The first-order chi connectivity index (χ1) is 12.5. The van der Waals surface area contributed by atoms with Crippen LogP contribution >= 0.6 is 0 Å². The molecule has 3 heterocycles. The molecule has 0 bridgehead atoms. The van der Waals surface area contributed by atoms with Gasteiger partial charge >= 0.3 is 0 Å². The number of nitrogens with zero attached hydrogens (tertiary/aromatic N) is 5. The van der Waals surface area contributed by atoms with E-state index in [4.69, 9.17) is 9.97 Å². The molecule has 0 spiro atoms. The van der Waals surface area contributed by atoms with E-state index in [1.165, 1.54) is 42.6 Å². The van der Waals surface area contributed by atoms with E-state index in [0.717, 1.165) is 37.0 Å². The molecular formula is C20H30N6. The molecule has 1 atom stereocenters. The second kappa shape index (κ2) is 6.99. The standard InChI is InChI=1S/C20H30N6/c1-13-18(14(2)25(4)24-13)12-26(17-7-8-17)20-10-19(22-15(3)23-20)16-6-5-9-21-11-16/h10,16-17,21H,5-9,11-12H2,1-4H3/t16-/m1/s1. The molecule has 1 N–H and O–H groups in total. The first-order valence-electron chi connectivity index (χ1n) is 9.85. The molecule has 1 aliphatic carbocycles. The van der Waals surface area contributed by atoms with Gasteiger partial charge in [0.15, 0.2) is 0 Å². The molecule has 0 unspecified atom stereocenters. The summed E-state index contributed by atoms with van der Waals surface area (Å²) in [5.74, 6) is 2.48. The van der Waals surface area contributed by atoms with Gasteiger partial charge in [-0.1, -0.05) is 0 Å². The lowest BCUT2D eigenvalue weighted by Gasteiger charge is -2.27. The van der Waals surface area contributed by atoms with Crippen LogP contribution in [0.3, 0.4) is 0 Å². The van der Waals surface area contributed by atoms with Crippen LogP contribution in [0.5, 0.6) is 0 Å². The maximum atomic E-state index is 4.82. The predicted molar refractivity (Wildman–Crippen MR) is 104 cm³/mol. The SMILES string of the molecule is Cc1nc([C@@H]2CCCNC2)cc(N(Cc2c(C)nn(C)c2C)C2CC2)n1. The predicted octanol–water partition coefficient (Wildman–Crippen LogP) is 2.77. The molecular weight excluding hydrogens is 324 g/mol. The zero-order chi connectivity index (χ0) is 18.3. The van der Waals surface area contributed by atoms with Crippen molar-refractivity contribution in [1.82, 2.24) is 25.1 Å². The second-order valence-electron chi connectivity index (χ2n) is 7.87. The first-order valence-corrected chi connectivity index (χ1v) is 9.85. The molecule has 1 saturated heterocycles. The molecule has 1 aliphatic heterocycles. The molecule has 2 aliphatic rings. The highest BCUT2D eigenvalue weighted by Gasteiger charge is 2.32. The second-order valence-corrected chi connectivity index (χ2v) is 7.87. The highest BCUT2D eigenvalue weighted by Crippen LogP contribution is 2.34. The summed E-state index contributed by atoms with van der Waals surface area (Å²) in [4.78, 5) is 12.1. The van der Waals surface area contributed by atoms with Gasteiger partial charge in [-0.15, -0.1) is 0 Å². The molecule has 1 saturated carbocycles. The van der Waals surface area contributed by atoms with Crippen molar-refractivity contribution in [2.45, 2.75) is 65.0 Å². The Labute approximate surface area is 156 Å². The van der Waals surface area contributed by atoms with E-state index in [2.05, 4.69) is 35.2 Å². The first kappa shape index (κ1) is 17.5. The van der Waals surface area contributed by atoms with Gasteiger partial charge in [0.05, 0.1) is 11.4 Å². The van der Waals surface area contributed by atoms with Gasteiger partial charge in [0.25, 0.3) is 0 Å². The van der Waals surface area contributed by atoms with E-state index in [-0.39, 0.29) is 0 Å². The zero-order valence-electron chi connectivity index (χ0n) is 16.4. The molecule has 4 rings (SSSR count). The summed E-state index contributed by atoms with van der Waals surface area (Å²) < 4.78 is 1.99. The van der Waals surface area contributed by atoms with Gasteiger partial charge in [0.1, 0.15) is 11.6 Å². The minimum atomic E-state index is 0.507. The monoisotopic (exact) mass is 354 g/mol. The number of aromatic nitrogens is 4. The molecule has 140 valence electrons. The van der Waals surface area contributed by atoms with Crippen LogP contribution in [-0.2, 0) is 13.6 Å². The van der Waals surface area contributed by atoms with Crippen LogP contribution in [0.1, 0.15) is 60.1 Å². The van der Waals surface area contributed by atoms with Crippen molar-refractivity contribution < 1.29 is 0 Å². The third-order valence-electron chi connectivity index (χ3n) is 5.83. The van der Waals surface area contributed by atoms with Crippen molar-refractivity contribution in [1.29, 1.82) is 0 Å². The summed E-state index contributed by atoms with van der Waals surface area (Å²) in [7, 11) is 2.02. The molecule has 0 aromatic carbocycles. The van der Waals surface area contributed by atoms with E-state index in [1.807, 2.05) is 18.7 Å². The van der Waals surface area contributed by atoms with E-state index >= 15 is 0 Å². The van der Waals surface area contributed by atoms with Crippen LogP contribution in [0.25, 0.3) is 0 Å². The van der Waals surface area contributed by atoms with Gasteiger partial charge in [-0.2, -0.15) is 5.10 Å². The number of rotatable bonds is 5. The highest BCUT2D eigenvalue weighted by molar-refractivity contribution is 5.45. The lowest BCUT2D eigenvalue weighted by atomic mass is 9.96. The van der Waals surface area contributed by atoms with E-state index in [1.54, 1.807) is 0 Å². The van der Waals surface area contributed by atoms with Gasteiger partial charge in [0.2, 0.25) is 0 Å². The van der Waals surface area contributed by atoms with E-state index in [0.29, 0.717) is 12.0 Å². The van der Waals surface area contributed by atoms with Crippen molar-refractivity contribution in [3.05, 3.63) is 34.5 Å². The minimum absolute atomic E-state index is 0.507. The summed E-state index contributed by atoms with van der Waals surface area (Å²) in [6.45, 7) is 9.33.